The van der Waals surface area contributed by atoms with Crippen molar-refractivity contribution in [2.75, 3.05) is 6.54 Å². The van der Waals surface area contributed by atoms with E-state index >= 15 is 0 Å². The summed E-state index contributed by atoms with van der Waals surface area (Å²) in [6, 6.07) is 7.09. The molecule has 24 heavy (non-hydrogen) atoms. The zero-order chi connectivity index (χ0) is 17.3. The molecule has 6 nitrogen and oxygen atoms in total. The molecule has 3 heterocycles. The molecule has 0 bridgehead atoms. The molecule has 0 aromatic carbocycles. The molecule has 2 N–H and O–H groups in total. The quantitative estimate of drug-likeness (QED) is 0.744. The number of aromatic nitrogens is 2. The summed E-state index contributed by atoms with van der Waals surface area (Å²) in [5.41, 5.74) is 0.565. The SMILES string of the molecule is Cc1nn(C)c(C)c1C(=O)NCC(O)(c1ccco1)c1cccs1. The van der Waals surface area contributed by atoms with E-state index in [1.54, 1.807) is 30.8 Å². The standard InChI is InChI=1S/C17H19N3O3S/c1-11-15(12(2)20(3)19-11)16(21)18-10-17(22,13-6-4-8-23-13)14-7-5-9-24-14/h4-9,22H,10H2,1-3H3,(H,18,21). The second-order valence-corrected chi connectivity index (χ2v) is 6.61. The highest BCUT2D eigenvalue weighted by Crippen LogP contribution is 2.32. The Labute approximate surface area is 143 Å². The largest absolute Gasteiger partial charge is 0.466 e. The summed E-state index contributed by atoms with van der Waals surface area (Å²) in [5.74, 6) is 0.129. The van der Waals surface area contributed by atoms with Gasteiger partial charge in [-0.25, -0.2) is 0 Å². The number of carbonyl (C=O) groups is 1. The number of nitrogens with zero attached hydrogens (tertiary/aromatic N) is 2. The van der Waals surface area contributed by atoms with Gasteiger partial charge in [-0.15, -0.1) is 11.3 Å². The monoisotopic (exact) mass is 345 g/mol. The second-order valence-electron chi connectivity index (χ2n) is 5.67. The maximum atomic E-state index is 12.6. The van der Waals surface area contributed by atoms with Gasteiger partial charge in [-0.3, -0.25) is 9.48 Å². The lowest BCUT2D eigenvalue weighted by atomic mass is 9.98. The van der Waals surface area contributed by atoms with Crippen LogP contribution in [0.5, 0.6) is 0 Å². The Morgan fingerprint density at radius 1 is 1.42 bits per heavy atom. The van der Waals surface area contributed by atoms with Crippen molar-refractivity contribution in [3.8, 4) is 0 Å². The number of carbonyl (C=O) groups excluding carboxylic acids is 1. The van der Waals surface area contributed by atoms with Gasteiger partial charge in [0.05, 0.1) is 24.1 Å². The Bertz CT molecular complexity index is 801. The number of hydrogen-bond donors (Lipinski definition) is 2. The van der Waals surface area contributed by atoms with Gasteiger partial charge in [-0.2, -0.15) is 5.10 Å². The summed E-state index contributed by atoms with van der Waals surface area (Å²) in [6.45, 7) is 3.64. The van der Waals surface area contributed by atoms with E-state index in [1.807, 2.05) is 24.4 Å². The van der Waals surface area contributed by atoms with Crippen molar-refractivity contribution in [3.05, 3.63) is 63.5 Å². The average molecular weight is 345 g/mol. The molecule has 1 atom stereocenters. The normalized spacial score (nSPS) is 13.7. The molecule has 0 saturated carbocycles. The van der Waals surface area contributed by atoms with Crippen LogP contribution in [0.1, 0.15) is 32.4 Å². The van der Waals surface area contributed by atoms with Crippen LogP contribution in [0.2, 0.25) is 0 Å². The summed E-state index contributed by atoms with van der Waals surface area (Å²) in [7, 11) is 1.80. The highest BCUT2D eigenvalue weighted by Gasteiger charge is 2.36. The number of thiophene rings is 1. The Morgan fingerprint density at radius 3 is 2.75 bits per heavy atom. The van der Waals surface area contributed by atoms with Gasteiger partial charge in [0.1, 0.15) is 5.76 Å². The van der Waals surface area contributed by atoms with Gasteiger partial charge in [0.25, 0.3) is 5.91 Å². The first-order chi connectivity index (χ1) is 11.4. The van der Waals surface area contributed by atoms with E-state index in [0.29, 0.717) is 21.9 Å². The molecule has 0 fully saturated rings. The Morgan fingerprint density at radius 2 is 2.21 bits per heavy atom. The maximum Gasteiger partial charge on any atom is 0.255 e. The van der Waals surface area contributed by atoms with Gasteiger partial charge in [-0.1, -0.05) is 6.07 Å². The number of aliphatic hydroxyl groups is 1. The van der Waals surface area contributed by atoms with Crippen LogP contribution < -0.4 is 5.32 Å². The van der Waals surface area contributed by atoms with Crippen molar-refractivity contribution in [3.63, 3.8) is 0 Å². The third-order valence-corrected chi connectivity index (χ3v) is 5.12. The van der Waals surface area contributed by atoms with Crippen LogP contribution in [0.3, 0.4) is 0 Å². The van der Waals surface area contributed by atoms with E-state index in [4.69, 9.17) is 4.42 Å². The molecule has 7 heteroatoms. The molecule has 0 aliphatic heterocycles. The zero-order valence-corrected chi connectivity index (χ0v) is 14.6. The number of furan rings is 1. The first-order valence-electron chi connectivity index (χ1n) is 7.52. The number of aryl methyl sites for hydroxylation is 2. The molecule has 0 saturated heterocycles. The lowest BCUT2D eigenvalue weighted by Gasteiger charge is -2.25. The highest BCUT2D eigenvalue weighted by molar-refractivity contribution is 7.10. The third-order valence-electron chi connectivity index (χ3n) is 4.10. The number of rotatable bonds is 5. The van der Waals surface area contributed by atoms with Gasteiger partial charge in [0.2, 0.25) is 0 Å². The molecule has 1 unspecified atom stereocenters. The molecule has 0 radical (unpaired) electrons. The Balaban J connectivity index is 1.86. The van der Waals surface area contributed by atoms with Gasteiger partial charge in [0, 0.05) is 17.6 Å². The summed E-state index contributed by atoms with van der Waals surface area (Å²) in [5, 5.41) is 20.1. The van der Waals surface area contributed by atoms with Gasteiger partial charge in [0.15, 0.2) is 5.60 Å². The zero-order valence-electron chi connectivity index (χ0n) is 13.7. The summed E-state index contributed by atoms with van der Waals surface area (Å²) in [6.07, 6.45) is 1.51. The second kappa shape index (κ2) is 6.26. The van der Waals surface area contributed by atoms with E-state index < -0.39 is 5.60 Å². The Kier molecular flexibility index (Phi) is 4.29. The summed E-state index contributed by atoms with van der Waals surface area (Å²) < 4.78 is 7.07. The van der Waals surface area contributed by atoms with E-state index in [-0.39, 0.29) is 12.5 Å². The first kappa shape index (κ1) is 16.5. The molecule has 1 amide bonds. The minimum Gasteiger partial charge on any atom is -0.466 e. The van der Waals surface area contributed by atoms with Gasteiger partial charge >= 0.3 is 0 Å². The molecular formula is C17H19N3O3S. The molecule has 0 aliphatic rings. The molecule has 126 valence electrons. The number of amides is 1. The van der Waals surface area contributed by atoms with Crippen molar-refractivity contribution >= 4 is 17.2 Å². The molecule has 3 aromatic rings. The van der Waals surface area contributed by atoms with Crippen molar-refractivity contribution in [1.29, 1.82) is 0 Å². The van der Waals surface area contributed by atoms with Crippen LogP contribution in [-0.4, -0.2) is 27.3 Å². The third kappa shape index (κ3) is 2.76. The number of hydrogen-bond acceptors (Lipinski definition) is 5. The fourth-order valence-electron chi connectivity index (χ4n) is 2.72. The molecular weight excluding hydrogens is 326 g/mol. The van der Waals surface area contributed by atoms with Crippen LogP contribution in [-0.2, 0) is 12.6 Å². The van der Waals surface area contributed by atoms with Crippen molar-refractivity contribution in [2.24, 2.45) is 7.05 Å². The van der Waals surface area contributed by atoms with Crippen LogP contribution in [0.4, 0.5) is 0 Å². The maximum absolute atomic E-state index is 12.6. The van der Waals surface area contributed by atoms with Crippen molar-refractivity contribution < 1.29 is 14.3 Å². The fraction of sp³-hybridized carbons (Fsp3) is 0.294. The fourth-order valence-corrected chi connectivity index (χ4v) is 3.55. The first-order valence-corrected chi connectivity index (χ1v) is 8.40. The summed E-state index contributed by atoms with van der Waals surface area (Å²) in [4.78, 5) is 13.3. The van der Waals surface area contributed by atoms with E-state index in [0.717, 1.165) is 5.69 Å². The van der Waals surface area contributed by atoms with E-state index in [1.165, 1.54) is 17.6 Å². The minimum atomic E-state index is -1.41. The summed E-state index contributed by atoms with van der Waals surface area (Å²) >= 11 is 1.41. The van der Waals surface area contributed by atoms with Crippen molar-refractivity contribution in [2.45, 2.75) is 19.4 Å². The molecule has 0 spiro atoms. The van der Waals surface area contributed by atoms with Crippen LogP contribution >= 0.6 is 11.3 Å². The lowest BCUT2D eigenvalue weighted by Crippen LogP contribution is -2.41. The average Bonchev–Trinajstić information content (AvgIpc) is 3.28. The van der Waals surface area contributed by atoms with Crippen LogP contribution in [0.15, 0.2) is 40.3 Å². The Hall–Kier alpha value is -2.38. The van der Waals surface area contributed by atoms with Crippen molar-refractivity contribution in [1.82, 2.24) is 15.1 Å². The van der Waals surface area contributed by atoms with Crippen LogP contribution in [0.25, 0.3) is 0 Å². The van der Waals surface area contributed by atoms with Gasteiger partial charge < -0.3 is 14.8 Å². The predicted molar refractivity (Wildman–Crippen MR) is 91.0 cm³/mol. The predicted octanol–water partition coefficient (Wildman–Crippen LogP) is 2.36. The van der Waals surface area contributed by atoms with E-state index in [2.05, 4.69) is 10.4 Å². The molecule has 0 aliphatic carbocycles. The van der Waals surface area contributed by atoms with Gasteiger partial charge in [-0.05, 0) is 37.4 Å². The smallest absolute Gasteiger partial charge is 0.255 e. The number of nitrogens with one attached hydrogen (secondary N) is 1. The molecule has 3 aromatic heterocycles. The lowest BCUT2D eigenvalue weighted by molar-refractivity contribution is 0.0554. The molecule has 3 rings (SSSR count). The topological polar surface area (TPSA) is 80.3 Å². The van der Waals surface area contributed by atoms with E-state index in [9.17, 15) is 9.90 Å². The van der Waals surface area contributed by atoms with Crippen LogP contribution in [0, 0.1) is 13.8 Å². The minimum absolute atomic E-state index is 0.00757. The highest BCUT2D eigenvalue weighted by atomic mass is 32.1.